The molecule has 0 saturated carbocycles. The normalized spacial score (nSPS) is 10.3. The average molecular weight is 289 g/mol. The third kappa shape index (κ3) is 3.34. The number of carbonyl (C=O) groups is 1. The molecule has 2 rings (SSSR count). The van der Waals surface area contributed by atoms with E-state index in [9.17, 15) is 4.79 Å². The highest BCUT2D eigenvalue weighted by atomic mass is 16.5. The van der Waals surface area contributed by atoms with Gasteiger partial charge in [-0.25, -0.2) is 0 Å². The molecule has 0 saturated heterocycles. The molecular weight excluding hydrogens is 270 g/mol. The number of benzene rings is 1. The number of nitrogens with one attached hydrogen (secondary N) is 1. The van der Waals surface area contributed by atoms with Gasteiger partial charge in [0.25, 0.3) is 5.91 Å². The summed E-state index contributed by atoms with van der Waals surface area (Å²) in [6.07, 6.45) is 0. The molecule has 6 nitrogen and oxygen atoms in total. The van der Waals surface area contributed by atoms with E-state index in [-0.39, 0.29) is 5.91 Å². The number of nitrogens with zero attached hydrogens (tertiary/aromatic N) is 2. The quantitative estimate of drug-likeness (QED) is 0.909. The number of ether oxygens (including phenoxy) is 2. The van der Waals surface area contributed by atoms with Crippen molar-refractivity contribution < 1.29 is 14.3 Å². The molecule has 0 bridgehead atoms. The van der Waals surface area contributed by atoms with Crippen LogP contribution in [0.2, 0.25) is 0 Å². The van der Waals surface area contributed by atoms with Gasteiger partial charge >= 0.3 is 0 Å². The van der Waals surface area contributed by atoms with E-state index in [0.717, 1.165) is 11.3 Å². The summed E-state index contributed by atoms with van der Waals surface area (Å²) in [7, 11) is 4.92. The second-order valence-electron chi connectivity index (χ2n) is 4.67. The molecule has 1 aromatic carbocycles. The maximum atomic E-state index is 12.1. The lowest BCUT2D eigenvalue weighted by Gasteiger charge is -2.10. The molecule has 0 atom stereocenters. The van der Waals surface area contributed by atoms with Crippen LogP contribution in [0.25, 0.3) is 0 Å². The number of rotatable bonds is 5. The van der Waals surface area contributed by atoms with Crippen molar-refractivity contribution in [3.05, 3.63) is 41.2 Å². The number of amides is 1. The Morgan fingerprint density at radius 3 is 2.52 bits per heavy atom. The fourth-order valence-electron chi connectivity index (χ4n) is 2.09. The Bertz CT molecular complexity index is 650. The number of hydrogen-bond donors (Lipinski definition) is 1. The number of carbonyl (C=O) groups excluding carboxylic acids is 1. The highest BCUT2D eigenvalue weighted by molar-refractivity contribution is 5.92. The van der Waals surface area contributed by atoms with Crippen molar-refractivity contribution in [2.75, 3.05) is 14.2 Å². The summed E-state index contributed by atoms with van der Waals surface area (Å²) in [5.74, 6) is 1.14. The summed E-state index contributed by atoms with van der Waals surface area (Å²) in [4.78, 5) is 12.1. The summed E-state index contributed by atoms with van der Waals surface area (Å²) in [5.41, 5.74) is 2.28. The smallest absolute Gasteiger partial charge is 0.269 e. The van der Waals surface area contributed by atoms with Crippen molar-refractivity contribution in [2.24, 2.45) is 7.05 Å². The first-order valence-electron chi connectivity index (χ1n) is 6.55. The first-order chi connectivity index (χ1) is 10.0. The van der Waals surface area contributed by atoms with Crippen LogP contribution in [0, 0.1) is 6.92 Å². The van der Waals surface area contributed by atoms with Crippen LogP contribution in [0.3, 0.4) is 0 Å². The molecule has 0 fully saturated rings. The van der Waals surface area contributed by atoms with Crippen LogP contribution in [0.5, 0.6) is 11.5 Å². The SMILES string of the molecule is COc1ccc(CNC(=O)c2cc(C)nn2C)cc1OC. The van der Waals surface area contributed by atoms with Crippen LogP contribution in [0.1, 0.15) is 21.7 Å². The molecule has 21 heavy (non-hydrogen) atoms. The van der Waals surface area contributed by atoms with Crippen LogP contribution in [0.4, 0.5) is 0 Å². The number of aromatic nitrogens is 2. The fourth-order valence-corrected chi connectivity index (χ4v) is 2.09. The highest BCUT2D eigenvalue weighted by Crippen LogP contribution is 2.27. The van der Waals surface area contributed by atoms with Crippen molar-refractivity contribution >= 4 is 5.91 Å². The molecule has 0 aliphatic rings. The van der Waals surface area contributed by atoms with Crippen LogP contribution in [-0.4, -0.2) is 29.9 Å². The molecule has 112 valence electrons. The van der Waals surface area contributed by atoms with E-state index >= 15 is 0 Å². The maximum Gasteiger partial charge on any atom is 0.269 e. The van der Waals surface area contributed by atoms with Crippen LogP contribution in [0.15, 0.2) is 24.3 Å². The van der Waals surface area contributed by atoms with Crippen molar-refractivity contribution in [1.82, 2.24) is 15.1 Å². The van der Waals surface area contributed by atoms with Crippen LogP contribution in [-0.2, 0) is 13.6 Å². The minimum atomic E-state index is -0.159. The lowest BCUT2D eigenvalue weighted by Crippen LogP contribution is -2.25. The van der Waals surface area contributed by atoms with Gasteiger partial charge < -0.3 is 14.8 Å². The monoisotopic (exact) mass is 289 g/mol. The fraction of sp³-hybridized carbons (Fsp3) is 0.333. The van der Waals surface area contributed by atoms with Gasteiger partial charge in [-0.05, 0) is 30.7 Å². The third-order valence-corrected chi connectivity index (χ3v) is 3.14. The molecule has 1 heterocycles. The van der Waals surface area contributed by atoms with Gasteiger partial charge in [0.1, 0.15) is 5.69 Å². The van der Waals surface area contributed by atoms with Crippen LogP contribution >= 0.6 is 0 Å². The molecule has 0 radical (unpaired) electrons. The molecule has 0 spiro atoms. The lowest BCUT2D eigenvalue weighted by atomic mass is 10.2. The van der Waals surface area contributed by atoms with E-state index in [1.165, 1.54) is 0 Å². The minimum absolute atomic E-state index is 0.159. The topological polar surface area (TPSA) is 65.4 Å². The summed E-state index contributed by atoms with van der Waals surface area (Å²) >= 11 is 0. The van der Waals surface area contributed by atoms with Crippen molar-refractivity contribution in [3.63, 3.8) is 0 Å². The second kappa shape index (κ2) is 6.30. The molecule has 1 N–H and O–H groups in total. The standard InChI is InChI=1S/C15H19N3O3/c1-10-7-12(18(2)17-10)15(19)16-9-11-5-6-13(20-3)14(8-11)21-4/h5-8H,9H2,1-4H3,(H,16,19). The lowest BCUT2D eigenvalue weighted by molar-refractivity contribution is 0.0941. The van der Waals surface area contributed by atoms with Crippen molar-refractivity contribution in [1.29, 1.82) is 0 Å². The molecule has 0 aliphatic carbocycles. The molecule has 1 aromatic heterocycles. The van der Waals surface area contributed by atoms with E-state index in [2.05, 4.69) is 10.4 Å². The minimum Gasteiger partial charge on any atom is -0.493 e. The molecule has 1 amide bonds. The summed E-state index contributed by atoms with van der Waals surface area (Å²) in [6.45, 7) is 2.26. The van der Waals surface area contributed by atoms with Gasteiger partial charge in [-0.1, -0.05) is 6.07 Å². The first kappa shape index (κ1) is 14.9. The largest absolute Gasteiger partial charge is 0.493 e. The Morgan fingerprint density at radius 1 is 1.24 bits per heavy atom. The molecular formula is C15H19N3O3. The van der Waals surface area contributed by atoms with Gasteiger partial charge in [-0.15, -0.1) is 0 Å². The molecule has 0 unspecified atom stereocenters. The van der Waals surface area contributed by atoms with Crippen molar-refractivity contribution in [3.8, 4) is 11.5 Å². The third-order valence-electron chi connectivity index (χ3n) is 3.14. The van der Waals surface area contributed by atoms with Gasteiger partial charge in [0, 0.05) is 13.6 Å². The average Bonchev–Trinajstić information content (AvgIpc) is 2.83. The Hall–Kier alpha value is -2.50. The summed E-state index contributed by atoms with van der Waals surface area (Å²) < 4.78 is 12.0. The van der Waals surface area contributed by atoms with Gasteiger partial charge in [0.15, 0.2) is 11.5 Å². The molecule has 2 aromatic rings. The molecule has 0 aliphatic heterocycles. The van der Waals surface area contributed by atoms with Gasteiger partial charge in [0.2, 0.25) is 0 Å². The zero-order valence-corrected chi connectivity index (χ0v) is 12.6. The zero-order chi connectivity index (χ0) is 15.4. The number of hydrogen-bond acceptors (Lipinski definition) is 4. The Balaban J connectivity index is 2.06. The highest BCUT2D eigenvalue weighted by Gasteiger charge is 2.12. The van der Waals surface area contributed by atoms with Crippen molar-refractivity contribution in [2.45, 2.75) is 13.5 Å². The Morgan fingerprint density at radius 2 is 1.95 bits per heavy atom. The summed E-state index contributed by atoms with van der Waals surface area (Å²) in [5, 5.41) is 7.02. The van der Waals surface area contributed by atoms with Gasteiger partial charge in [-0.2, -0.15) is 5.10 Å². The van der Waals surface area contributed by atoms with E-state index in [4.69, 9.17) is 9.47 Å². The van der Waals surface area contributed by atoms with Gasteiger partial charge in [-0.3, -0.25) is 9.48 Å². The predicted molar refractivity (Wildman–Crippen MR) is 78.7 cm³/mol. The zero-order valence-electron chi connectivity index (χ0n) is 12.6. The Labute approximate surface area is 123 Å². The first-order valence-corrected chi connectivity index (χ1v) is 6.55. The van der Waals surface area contributed by atoms with E-state index in [1.807, 2.05) is 25.1 Å². The molecule has 6 heteroatoms. The predicted octanol–water partition coefficient (Wildman–Crippen LogP) is 1.68. The number of aryl methyl sites for hydroxylation is 2. The number of methoxy groups -OCH3 is 2. The van der Waals surface area contributed by atoms with E-state index in [0.29, 0.717) is 23.7 Å². The maximum absolute atomic E-state index is 12.1. The summed E-state index contributed by atoms with van der Waals surface area (Å²) in [6, 6.07) is 7.29. The van der Waals surface area contributed by atoms with Crippen LogP contribution < -0.4 is 14.8 Å². The van der Waals surface area contributed by atoms with Gasteiger partial charge in [0.05, 0.1) is 19.9 Å². The second-order valence-corrected chi connectivity index (χ2v) is 4.67. The Kier molecular flexibility index (Phi) is 4.47. The van der Waals surface area contributed by atoms with E-state index < -0.39 is 0 Å². The van der Waals surface area contributed by atoms with E-state index in [1.54, 1.807) is 32.0 Å².